The monoisotopic (exact) mass is 430 g/mol. The molecule has 0 aliphatic heterocycles. The molecule has 1 heterocycles. The van der Waals surface area contributed by atoms with Crippen LogP contribution in [-0.2, 0) is 6.42 Å². The van der Waals surface area contributed by atoms with Gasteiger partial charge in [-0.15, -0.1) is 24.0 Å². The number of halogens is 1. The number of hydrogen-bond acceptors (Lipinski definition) is 2. The SMILES string of the molecule is CN=C(NCCc1ccccn1)NCC1CCCCCCC1.I. The van der Waals surface area contributed by atoms with Crippen LogP contribution in [0.15, 0.2) is 29.4 Å². The van der Waals surface area contributed by atoms with E-state index < -0.39 is 0 Å². The zero-order chi connectivity index (χ0) is 15.5. The molecule has 0 unspecified atom stereocenters. The topological polar surface area (TPSA) is 49.3 Å². The molecule has 23 heavy (non-hydrogen) atoms. The second-order valence-electron chi connectivity index (χ2n) is 6.16. The van der Waals surface area contributed by atoms with Crippen LogP contribution in [0.1, 0.15) is 50.6 Å². The van der Waals surface area contributed by atoms with Crippen molar-refractivity contribution in [1.82, 2.24) is 15.6 Å². The Morgan fingerprint density at radius 1 is 1.13 bits per heavy atom. The normalized spacial score (nSPS) is 16.8. The highest BCUT2D eigenvalue weighted by atomic mass is 127. The number of pyridine rings is 1. The third kappa shape index (κ3) is 8.53. The van der Waals surface area contributed by atoms with Crippen molar-refractivity contribution in [2.24, 2.45) is 10.9 Å². The highest BCUT2D eigenvalue weighted by molar-refractivity contribution is 14.0. The molecule has 0 atom stereocenters. The predicted molar refractivity (Wildman–Crippen MR) is 109 cm³/mol. The third-order valence-electron chi connectivity index (χ3n) is 4.41. The molecule has 5 heteroatoms. The van der Waals surface area contributed by atoms with E-state index in [1.807, 2.05) is 25.4 Å². The van der Waals surface area contributed by atoms with Gasteiger partial charge in [-0.3, -0.25) is 9.98 Å². The minimum atomic E-state index is 0. The smallest absolute Gasteiger partial charge is 0.190 e. The van der Waals surface area contributed by atoms with Gasteiger partial charge in [-0.1, -0.05) is 38.2 Å². The molecule has 1 saturated carbocycles. The minimum Gasteiger partial charge on any atom is -0.356 e. The highest BCUT2D eigenvalue weighted by Crippen LogP contribution is 2.21. The fraction of sp³-hybridized carbons (Fsp3) is 0.667. The average molecular weight is 430 g/mol. The summed E-state index contributed by atoms with van der Waals surface area (Å²) in [6.07, 6.45) is 12.5. The van der Waals surface area contributed by atoms with E-state index in [0.717, 1.165) is 37.1 Å². The number of nitrogens with one attached hydrogen (secondary N) is 2. The molecule has 4 nitrogen and oxygen atoms in total. The standard InChI is InChI=1S/C18H30N4.HI/c1-19-18(21-14-12-17-11-7-8-13-20-17)22-15-16-9-5-3-2-4-6-10-16;/h7-8,11,13,16H,2-6,9-10,12,14-15H2,1H3,(H2,19,21,22);1H. The first kappa shape index (κ1) is 20.2. The van der Waals surface area contributed by atoms with Crippen molar-refractivity contribution in [3.63, 3.8) is 0 Å². The predicted octanol–water partition coefficient (Wildman–Crippen LogP) is 3.77. The summed E-state index contributed by atoms with van der Waals surface area (Å²) in [5, 5.41) is 6.88. The molecule has 130 valence electrons. The van der Waals surface area contributed by atoms with Crippen LogP contribution in [0.25, 0.3) is 0 Å². The second-order valence-corrected chi connectivity index (χ2v) is 6.16. The molecular weight excluding hydrogens is 399 g/mol. The summed E-state index contributed by atoms with van der Waals surface area (Å²) in [6, 6.07) is 6.04. The Kier molecular flexibility index (Phi) is 11.0. The maximum Gasteiger partial charge on any atom is 0.190 e. The van der Waals surface area contributed by atoms with Gasteiger partial charge in [0.2, 0.25) is 0 Å². The van der Waals surface area contributed by atoms with Gasteiger partial charge in [0.15, 0.2) is 5.96 Å². The molecule has 0 radical (unpaired) electrons. The van der Waals surface area contributed by atoms with Crippen molar-refractivity contribution in [3.8, 4) is 0 Å². The summed E-state index contributed by atoms with van der Waals surface area (Å²) in [7, 11) is 1.84. The number of rotatable bonds is 5. The lowest BCUT2D eigenvalue weighted by atomic mass is 9.91. The van der Waals surface area contributed by atoms with E-state index in [1.54, 1.807) is 0 Å². The molecule has 0 saturated heterocycles. The van der Waals surface area contributed by atoms with Crippen LogP contribution in [0, 0.1) is 5.92 Å². The lowest BCUT2D eigenvalue weighted by Gasteiger charge is -2.21. The second kappa shape index (κ2) is 12.6. The van der Waals surface area contributed by atoms with Crippen LogP contribution < -0.4 is 10.6 Å². The molecule has 2 N–H and O–H groups in total. The lowest BCUT2D eigenvalue weighted by molar-refractivity contribution is 0.375. The molecular formula is C18H31IN4. The number of aliphatic imine (C=N–C) groups is 1. The molecule has 2 rings (SSSR count). The first-order valence-corrected chi connectivity index (χ1v) is 8.73. The maximum atomic E-state index is 4.34. The Morgan fingerprint density at radius 3 is 2.52 bits per heavy atom. The molecule has 0 bridgehead atoms. The van der Waals surface area contributed by atoms with Gasteiger partial charge in [-0.25, -0.2) is 0 Å². The third-order valence-corrected chi connectivity index (χ3v) is 4.41. The van der Waals surface area contributed by atoms with Crippen molar-refractivity contribution in [2.45, 2.75) is 51.4 Å². The van der Waals surface area contributed by atoms with E-state index in [2.05, 4.69) is 26.7 Å². The van der Waals surface area contributed by atoms with E-state index in [1.165, 1.54) is 44.9 Å². The van der Waals surface area contributed by atoms with E-state index in [0.29, 0.717) is 0 Å². The van der Waals surface area contributed by atoms with Gasteiger partial charge in [0, 0.05) is 38.4 Å². The van der Waals surface area contributed by atoms with Gasteiger partial charge in [0.25, 0.3) is 0 Å². The number of guanidine groups is 1. The summed E-state index contributed by atoms with van der Waals surface area (Å²) in [5.41, 5.74) is 1.12. The average Bonchev–Trinajstić information content (AvgIpc) is 2.53. The maximum absolute atomic E-state index is 4.34. The Labute approximate surface area is 158 Å². The molecule has 1 aliphatic rings. The van der Waals surface area contributed by atoms with Crippen molar-refractivity contribution in [1.29, 1.82) is 0 Å². The molecule has 1 fully saturated rings. The Bertz CT molecular complexity index is 428. The largest absolute Gasteiger partial charge is 0.356 e. The lowest BCUT2D eigenvalue weighted by Crippen LogP contribution is -2.40. The number of hydrogen-bond donors (Lipinski definition) is 2. The van der Waals surface area contributed by atoms with Crippen LogP contribution in [0.3, 0.4) is 0 Å². The van der Waals surface area contributed by atoms with Crippen LogP contribution in [0.5, 0.6) is 0 Å². The van der Waals surface area contributed by atoms with E-state index in [-0.39, 0.29) is 24.0 Å². The van der Waals surface area contributed by atoms with Gasteiger partial charge in [0.05, 0.1) is 0 Å². The summed E-state index contributed by atoms with van der Waals surface area (Å²) >= 11 is 0. The molecule has 0 amide bonds. The molecule has 1 aromatic rings. The first-order chi connectivity index (χ1) is 10.9. The van der Waals surface area contributed by atoms with E-state index in [4.69, 9.17) is 0 Å². The van der Waals surface area contributed by atoms with Crippen molar-refractivity contribution >= 4 is 29.9 Å². The van der Waals surface area contributed by atoms with Gasteiger partial charge in [0.1, 0.15) is 0 Å². The quantitative estimate of drug-likeness (QED) is 0.425. The molecule has 0 spiro atoms. The van der Waals surface area contributed by atoms with Crippen molar-refractivity contribution < 1.29 is 0 Å². The summed E-state index contributed by atoms with van der Waals surface area (Å²) in [6.45, 7) is 1.91. The molecule has 0 aromatic carbocycles. The van der Waals surface area contributed by atoms with Gasteiger partial charge in [-0.05, 0) is 30.9 Å². The summed E-state index contributed by atoms with van der Waals surface area (Å²) in [4.78, 5) is 8.66. The fourth-order valence-corrected chi connectivity index (χ4v) is 3.06. The molecule has 1 aliphatic carbocycles. The zero-order valence-corrected chi connectivity index (χ0v) is 16.6. The first-order valence-electron chi connectivity index (χ1n) is 8.73. The fourth-order valence-electron chi connectivity index (χ4n) is 3.06. The minimum absolute atomic E-state index is 0. The number of nitrogens with zero attached hydrogens (tertiary/aromatic N) is 2. The Morgan fingerprint density at radius 2 is 1.87 bits per heavy atom. The van der Waals surface area contributed by atoms with Crippen LogP contribution in [0.2, 0.25) is 0 Å². The van der Waals surface area contributed by atoms with Gasteiger partial charge in [-0.2, -0.15) is 0 Å². The zero-order valence-electron chi connectivity index (χ0n) is 14.3. The number of aromatic nitrogens is 1. The van der Waals surface area contributed by atoms with Crippen LogP contribution in [0.4, 0.5) is 0 Å². The Hall–Kier alpha value is -0.850. The van der Waals surface area contributed by atoms with Crippen LogP contribution >= 0.6 is 24.0 Å². The molecule has 1 aromatic heterocycles. The van der Waals surface area contributed by atoms with E-state index >= 15 is 0 Å². The Balaban J connectivity index is 0.00000264. The van der Waals surface area contributed by atoms with Gasteiger partial charge < -0.3 is 10.6 Å². The van der Waals surface area contributed by atoms with Crippen molar-refractivity contribution in [3.05, 3.63) is 30.1 Å². The van der Waals surface area contributed by atoms with Crippen molar-refractivity contribution in [2.75, 3.05) is 20.1 Å². The van der Waals surface area contributed by atoms with Gasteiger partial charge >= 0.3 is 0 Å². The highest BCUT2D eigenvalue weighted by Gasteiger charge is 2.11. The summed E-state index contributed by atoms with van der Waals surface area (Å²) in [5.74, 6) is 1.72. The van der Waals surface area contributed by atoms with Crippen LogP contribution in [-0.4, -0.2) is 31.1 Å². The summed E-state index contributed by atoms with van der Waals surface area (Å²) < 4.78 is 0. The van der Waals surface area contributed by atoms with E-state index in [9.17, 15) is 0 Å².